The van der Waals surface area contributed by atoms with Gasteiger partial charge in [-0.2, -0.15) is 0 Å². The number of aliphatic carboxylic acids is 1. The lowest BCUT2D eigenvalue weighted by Crippen LogP contribution is -2.48. The van der Waals surface area contributed by atoms with E-state index in [4.69, 9.17) is 10.2 Å². The zero-order chi connectivity index (χ0) is 14.3. The molecular formula is C11H19N3O5. The maximum atomic E-state index is 11.3. The van der Waals surface area contributed by atoms with Crippen molar-refractivity contribution in [2.24, 2.45) is 5.92 Å². The molecule has 5 N–H and O–H groups in total. The van der Waals surface area contributed by atoms with E-state index in [2.05, 4.69) is 16.0 Å². The minimum absolute atomic E-state index is 0.00842. The number of rotatable bonds is 8. The molecule has 3 amide bonds. The number of hydrogen-bond donors (Lipinski definition) is 5. The van der Waals surface area contributed by atoms with Crippen molar-refractivity contribution in [2.75, 3.05) is 19.7 Å². The van der Waals surface area contributed by atoms with Crippen LogP contribution in [-0.2, 0) is 9.59 Å². The summed E-state index contributed by atoms with van der Waals surface area (Å²) < 4.78 is 0. The smallest absolute Gasteiger partial charge is 0.326 e. The summed E-state index contributed by atoms with van der Waals surface area (Å²) >= 11 is 0. The molecular weight excluding hydrogens is 254 g/mol. The third-order valence-electron chi connectivity index (χ3n) is 2.68. The number of carbonyl (C=O) groups excluding carboxylic acids is 2. The highest BCUT2D eigenvalue weighted by Crippen LogP contribution is 2.28. The van der Waals surface area contributed by atoms with Gasteiger partial charge in [0.2, 0.25) is 5.91 Å². The summed E-state index contributed by atoms with van der Waals surface area (Å²) in [5, 5.41) is 24.7. The van der Waals surface area contributed by atoms with E-state index in [-0.39, 0.29) is 31.4 Å². The molecule has 1 saturated carbocycles. The van der Waals surface area contributed by atoms with Crippen LogP contribution in [-0.4, -0.2) is 53.9 Å². The summed E-state index contributed by atoms with van der Waals surface area (Å²) in [6.07, 6.45) is 1.78. The molecule has 1 fully saturated rings. The zero-order valence-electron chi connectivity index (χ0n) is 10.5. The van der Waals surface area contributed by atoms with E-state index in [1.54, 1.807) is 0 Å². The van der Waals surface area contributed by atoms with Crippen molar-refractivity contribution in [3.05, 3.63) is 0 Å². The Labute approximate surface area is 110 Å². The molecule has 19 heavy (non-hydrogen) atoms. The van der Waals surface area contributed by atoms with E-state index < -0.39 is 18.0 Å². The van der Waals surface area contributed by atoms with Crippen LogP contribution in [0.3, 0.4) is 0 Å². The molecule has 0 saturated heterocycles. The van der Waals surface area contributed by atoms with Gasteiger partial charge in [0.05, 0.1) is 0 Å². The minimum Gasteiger partial charge on any atom is -0.480 e. The zero-order valence-corrected chi connectivity index (χ0v) is 10.5. The van der Waals surface area contributed by atoms with E-state index >= 15 is 0 Å². The molecule has 1 aliphatic carbocycles. The highest BCUT2D eigenvalue weighted by atomic mass is 16.4. The number of aliphatic hydroxyl groups is 1. The maximum absolute atomic E-state index is 11.3. The molecule has 0 spiro atoms. The first-order chi connectivity index (χ1) is 9.04. The lowest BCUT2D eigenvalue weighted by molar-refractivity contribution is -0.139. The maximum Gasteiger partial charge on any atom is 0.326 e. The average molecular weight is 273 g/mol. The number of carboxylic acid groups (broad SMARTS) is 1. The minimum atomic E-state index is -1.20. The van der Waals surface area contributed by atoms with Gasteiger partial charge in [0, 0.05) is 32.0 Å². The van der Waals surface area contributed by atoms with Crippen LogP contribution >= 0.6 is 0 Å². The molecule has 1 aliphatic rings. The molecule has 0 heterocycles. The monoisotopic (exact) mass is 273 g/mol. The highest BCUT2D eigenvalue weighted by Gasteiger charge is 2.29. The van der Waals surface area contributed by atoms with Gasteiger partial charge in [-0.1, -0.05) is 0 Å². The van der Waals surface area contributed by atoms with Crippen molar-refractivity contribution in [3.8, 4) is 0 Å². The summed E-state index contributed by atoms with van der Waals surface area (Å²) in [4.78, 5) is 33.3. The Balaban J connectivity index is 2.11. The predicted octanol–water partition coefficient (Wildman–Crippen LogP) is -1.35. The standard InChI is InChI=1S/C11H19N3O5/c15-6-3-8(10(17)18)14-11(19)13-5-4-12-9(16)7-1-2-7/h7-8,15H,1-6H2,(H,12,16)(H,17,18)(H2,13,14,19)/t8-/m1/s1. The third-order valence-corrected chi connectivity index (χ3v) is 2.68. The van der Waals surface area contributed by atoms with Crippen molar-refractivity contribution >= 4 is 17.9 Å². The van der Waals surface area contributed by atoms with Crippen molar-refractivity contribution in [1.29, 1.82) is 0 Å². The van der Waals surface area contributed by atoms with Gasteiger partial charge >= 0.3 is 12.0 Å². The normalized spacial score (nSPS) is 15.4. The molecule has 1 atom stereocenters. The second-order valence-corrected chi connectivity index (χ2v) is 4.37. The van der Waals surface area contributed by atoms with Crippen molar-refractivity contribution in [2.45, 2.75) is 25.3 Å². The fourth-order valence-corrected chi connectivity index (χ4v) is 1.45. The van der Waals surface area contributed by atoms with Crippen molar-refractivity contribution in [3.63, 3.8) is 0 Å². The number of carboxylic acids is 1. The summed E-state index contributed by atoms with van der Waals surface area (Å²) in [5.74, 6) is -1.09. The third kappa shape index (κ3) is 6.05. The van der Waals surface area contributed by atoms with Crippen LogP contribution < -0.4 is 16.0 Å². The summed E-state index contributed by atoms with van der Waals surface area (Å²) in [6.45, 7) is 0.199. The Morgan fingerprint density at radius 3 is 2.32 bits per heavy atom. The second kappa shape index (κ2) is 7.57. The Kier molecular flexibility index (Phi) is 6.07. The van der Waals surface area contributed by atoms with Gasteiger partial charge in [0.25, 0.3) is 0 Å². The van der Waals surface area contributed by atoms with Gasteiger partial charge in [-0.3, -0.25) is 4.79 Å². The fourth-order valence-electron chi connectivity index (χ4n) is 1.45. The molecule has 0 aliphatic heterocycles. The molecule has 0 radical (unpaired) electrons. The first-order valence-corrected chi connectivity index (χ1v) is 6.20. The van der Waals surface area contributed by atoms with E-state index in [1.807, 2.05) is 0 Å². The first kappa shape index (κ1) is 15.2. The lowest BCUT2D eigenvalue weighted by atomic mass is 10.2. The molecule has 0 aromatic rings. The molecule has 0 unspecified atom stereocenters. The Bertz CT molecular complexity index is 343. The van der Waals surface area contributed by atoms with E-state index in [9.17, 15) is 14.4 Å². The second-order valence-electron chi connectivity index (χ2n) is 4.37. The quantitative estimate of drug-likeness (QED) is 0.349. The van der Waals surface area contributed by atoms with Crippen molar-refractivity contribution in [1.82, 2.24) is 16.0 Å². The van der Waals surface area contributed by atoms with E-state index in [1.165, 1.54) is 0 Å². The van der Waals surface area contributed by atoms with Crippen LogP contribution in [0, 0.1) is 5.92 Å². The van der Waals surface area contributed by atoms with Crippen LogP contribution in [0.5, 0.6) is 0 Å². The SMILES string of the molecule is O=C(NCCNC(=O)C1CC1)N[C@H](CCO)C(=O)O. The van der Waals surface area contributed by atoms with Gasteiger partial charge in [-0.05, 0) is 12.8 Å². The van der Waals surface area contributed by atoms with Crippen LogP contribution in [0.4, 0.5) is 4.79 Å². The molecule has 0 aromatic carbocycles. The lowest BCUT2D eigenvalue weighted by Gasteiger charge is -2.14. The number of carbonyl (C=O) groups is 3. The van der Waals surface area contributed by atoms with Crippen LogP contribution in [0.25, 0.3) is 0 Å². The van der Waals surface area contributed by atoms with Gasteiger partial charge in [0.1, 0.15) is 6.04 Å². The number of urea groups is 1. The Hall–Kier alpha value is -1.83. The molecule has 0 aromatic heterocycles. The predicted molar refractivity (Wildman–Crippen MR) is 65.4 cm³/mol. The number of amides is 3. The molecule has 108 valence electrons. The summed E-state index contributed by atoms with van der Waals surface area (Å²) in [7, 11) is 0. The molecule has 0 bridgehead atoms. The molecule has 8 nitrogen and oxygen atoms in total. The van der Waals surface area contributed by atoms with Crippen LogP contribution in [0.2, 0.25) is 0 Å². The van der Waals surface area contributed by atoms with E-state index in [0.29, 0.717) is 6.54 Å². The van der Waals surface area contributed by atoms with Gasteiger partial charge in [-0.15, -0.1) is 0 Å². The molecule has 1 rings (SSSR count). The average Bonchev–Trinajstić information content (AvgIpc) is 3.17. The topological polar surface area (TPSA) is 128 Å². The number of hydrogen-bond acceptors (Lipinski definition) is 4. The van der Waals surface area contributed by atoms with Gasteiger partial charge < -0.3 is 26.2 Å². The van der Waals surface area contributed by atoms with Crippen molar-refractivity contribution < 1.29 is 24.6 Å². The number of aliphatic hydroxyl groups excluding tert-OH is 1. The largest absolute Gasteiger partial charge is 0.480 e. The van der Waals surface area contributed by atoms with Gasteiger partial charge in [-0.25, -0.2) is 9.59 Å². The first-order valence-electron chi connectivity index (χ1n) is 6.20. The van der Waals surface area contributed by atoms with Crippen LogP contribution in [0.15, 0.2) is 0 Å². The van der Waals surface area contributed by atoms with E-state index in [0.717, 1.165) is 12.8 Å². The Morgan fingerprint density at radius 1 is 1.16 bits per heavy atom. The molecule has 8 heteroatoms. The fraction of sp³-hybridized carbons (Fsp3) is 0.727. The van der Waals surface area contributed by atoms with Gasteiger partial charge in [0.15, 0.2) is 0 Å². The summed E-state index contributed by atoms with van der Waals surface area (Å²) in [6, 6.07) is -1.76. The number of nitrogens with one attached hydrogen (secondary N) is 3. The Morgan fingerprint density at radius 2 is 1.79 bits per heavy atom. The van der Waals surface area contributed by atoms with Crippen LogP contribution in [0.1, 0.15) is 19.3 Å². The summed E-state index contributed by atoms with van der Waals surface area (Å²) in [5.41, 5.74) is 0. The highest BCUT2D eigenvalue weighted by molar-refractivity contribution is 5.82.